The molecule has 2 N–H and O–H groups in total. The van der Waals surface area contributed by atoms with Crippen LogP contribution in [0.25, 0.3) is 0 Å². The molecule has 0 spiro atoms. The summed E-state index contributed by atoms with van der Waals surface area (Å²) in [5.41, 5.74) is 0.860. The summed E-state index contributed by atoms with van der Waals surface area (Å²) < 4.78 is 28.7. The number of hydrogen-bond donors (Lipinski definition) is 2. The topological polar surface area (TPSA) is 106 Å². The zero-order valence-electron chi connectivity index (χ0n) is 17.3. The molecule has 8 heteroatoms. The van der Waals surface area contributed by atoms with Gasteiger partial charge in [0.25, 0.3) is 0 Å². The van der Waals surface area contributed by atoms with Gasteiger partial charge in [-0.3, -0.25) is 9.59 Å². The number of carbonyl (C=O) groups excluding carboxylic acids is 2. The number of carbonyl (C=O) groups is 2. The van der Waals surface area contributed by atoms with Crippen molar-refractivity contribution in [2.45, 2.75) is 76.8 Å². The van der Waals surface area contributed by atoms with Crippen LogP contribution in [0.1, 0.15) is 52.4 Å². The molecule has 0 aromatic carbocycles. The van der Waals surface area contributed by atoms with Gasteiger partial charge in [0, 0.05) is 35.4 Å². The van der Waals surface area contributed by atoms with Crippen molar-refractivity contribution in [1.29, 1.82) is 10.5 Å². The van der Waals surface area contributed by atoms with Crippen LogP contribution in [0.2, 0.25) is 0 Å². The predicted octanol–water partition coefficient (Wildman–Crippen LogP) is 2.86. The summed E-state index contributed by atoms with van der Waals surface area (Å²) in [7, 11) is 0. The summed E-state index contributed by atoms with van der Waals surface area (Å²) >= 11 is 0. The van der Waals surface area contributed by atoms with Gasteiger partial charge >= 0.3 is 0 Å². The van der Waals surface area contributed by atoms with Gasteiger partial charge in [-0.25, -0.2) is 8.78 Å². The van der Waals surface area contributed by atoms with E-state index in [1.165, 1.54) is 0 Å². The van der Waals surface area contributed by atoms with Crippen LogP contribution in [0.3, 0.4) is 0 Å². The highest BCUT2D eigenvalue weighted by Gasteiger charge is 2.45. The maximum absolute atomic E-state index is 14.4. The first kappa shape index (κ1) is 22.2. The first-order valence-electron chi connectivity index (χ1n) is 10.6. The highest BCUT2D eigenvalue weighted by atomic mass is 19.1. The summed E-state index contributed by atoms with van der Waals surface area (Å²) in [5.74, 6) is -2.69. The minimum absolute atomic E-state index is 0.178. The van der Waals surface area contributed by atoms with Crippen molar-refractivity contribution in [2.24, 2.45) is 23.7 Å². The van der Waals surface area contributed by atoms with E-state index in [0.717, 1.165) is 0 Å². The lowest BCUT2D eigenvalue weighted by molar-refractivity contribution is -0.125. The van der Waals surface area contributed by atoms with E-state index >= 15 is 0 Å². The fourth-order valence-corrected chi connectivity index (χ4v) is 5.31. The zero-order chi connectivity index (χ0) is 22.0. The molecular weight excluding hydrogens is 390 g/mol. The number of nitrogens with zero attached hydrogens (tertiary/aromatic N) is 2. The Morgan fingerprint density at radius 3 is 2.57 bits per heavy atom. The molecule has 2 aliphatic carbocycles. The van der Waals surface area contributed by atoms with E-state index in [-0.39, 0.29) is 48.6 Å². The van der Waals surface area contributed by atoms with Gasteiger partial charge in [-0.15, -0.1) is 0 Å². The quantitative estimate of drug-likeness (QED) is 0.732. The average Bonchev–Trinajstić information content (AvgIpc) is 2.71. The first-order chi connectivity index (χ1) is 14.3. The van der Waals surface area contributed by atoms with Crippen molar-refractivity contribution < 1.29 is 18.4 Å². The smallest absolute Gasteiger partial charge is 0.247 e. The lowest BCUT2D eigenvalue weighted by Crippen LogP contribution is -2.53. The zero-order valence-corrected chi connectivity index (χ0v) is 17.3. The Morgan fingerprint density at radius 2 is 1.93 bits per heavy atom. The van der Waals surface area contributed by atoms with Gasteiger partial charge in [-0.2, -0.15) is 10.5 Å². The molecule has 3 rings (SSSR count). The number of halogens is 2. The minimum atomic E-state index is -1.25. The SMILES string of the molecule is CC1=C(CC(=O)N[C@H](C)C2CCC(C#N)CC2F)C(=O)NC2CCC(F)C(C#N)C12. The molecule has 8 atom stereocenters. The summed E-state index contributed by atoms with van der Waals surface area (Å²) in [4.78, 5) is 25.2. The summed E-state index contributed by atoms with van der Waals surface area (Å²) in [6, 6.07) is 3.42. The maximum atomic E-state index is 14.4. The Hall–Kier alpha value is -2.48. The molecular formula is C22H28F2N4O2. The third kappa shape index (κ3) is 4.33. The molecule has 6 nitrogen and oxygen atoms in total. The number of nitrogens with one attached hydrogen (secondary N) is 2. The van der Waals surface area contributed by atoms with Gasteiger partial charge in [0.1, 0.15) is 12.3 Å². The second-order valence-corrected chi connectivity index (χ2v) is 8.87. The number of fused-ring (bicyclic) bond motifs is 1. The summed E-state index contributed by atoms with van der Waals surface area (Å²) in [6.07, 6.45) is -0.584. The van der Waals surface area contributed by atoms with Crippen molar-refractivity contribution in [1.82, 2.24) is 10.6 Å². The molecule has 0 saturated heterocycles. The molecule has 162 valence electrons. The fourth-order valence-electron chi connectivity index (χ4n) is 5.31. The van der Waals surface area contributed by atoms with Crippen molar-refractivity contribution in [2.75, 3.05) is 0 Å². The Kier molecular flexibility index (Phi) is 6.75. The molecule has 7 unspecified atom stereocenters. The lowest BCUT2D eigenvalue weighted by atomic mass is 9.69. The van der Waals surface area contributed by atoms with Crippen molar-refractivity contribution in [3.8, 4) is 12.1 Å². The van der Waals surface area contributed by atoms with Gasteiger partial charge in [0.05, 0.1) is 24.5 Å². The second kappa shape index (κ2) is 9.12. The predicted molar refractivity (Wildman–Crippen MR) is 105 cm³/mol. The molecule has 2 fully saturated rings. The molecule has 30 heavy (non-hydrogen) atoms. The largest absolute Gasteiger partial charge is 0.353 e. The highest BCUT2D eigenvalue weighted by molar-refractivity contribution is 6.00. The van der Waals surface area contributed by atoms with Crippen molar-refractivity contribution in [3.63, 3.8) is 0 Å². The second-order valence-electron chi connectivity index (χ2n) is 8.87. The van der Waals surface area contributed by atoms with Gasteiger partial charge in [0.2, 0.25) is 11.8 Å². The molecule has 0 radical (unpaired) electrons. The molecule has 1 aliphatic heterocycles. The first-order valence-corrected chi connectivity index (χ1v) is 10.6. The van der Waals surface area contributed by atoms with Crippen molar-refractivity contribution >= 4 is 11.8 Å². The maximum Gasteiger partial charge on any atom is 0.247 e. The van der Waals surface area contributed by atoms with Crippen LogP contribution in [0.15, 0.2) is 11.1 Å². The van der Waals surface area contributed by atoms with E-state index in [1.54, 1.807) is 13.8 Å². The van der Waals surface area contributed by atoms with Crippen LogP contribution in [-0.4, -0.2) is 36.2 Å². The number of rotatable bonds is 4. The van der Waals surface area contributed by atoms with E-state index < -0.39 is 36.1 Å². The monoisotopic (exact) mass is 418 g/mol. The molecule has 3 aliphatic rings. The third-order valence-corrected chi connectivity index (χ3v) is 7.05. The van der Waals surface area contributed by atoms with Crippen LogP contribution >= 0.6 is 0 Å². The number of alkyl halides is 2. The van der Waals surface area contributed by atoms with Crippen LogP contribution in [-0.2, 0) is 9.59 Å². The molecule has 0 bridgehead atoms. The number of amides is 2. The van der Waals surface area contributed by atoms with Gasteiger partial charge < -0.3 is 10.6 Å². The van der Waals surface area contributed by atoms with E-state index in [9.17, 15) is 23.6 Å². The molecule has 2 saturated carbocycles. The lowest BCUT2D eigenvalue weighted by Gasteiger charge is -2.42. The number of hydrogen-bond acceptors (Lipinski definition) is 4. The standard InChI is InChI=1S/C22H28F2N4O2/c1-11-15(22(30)28-19-6-5-17(23)16(10-26)21(11)19)8-20(29)27-12(2)14-4-3-13(9-25)7-18(14)24/h12-14,16-19,21H,3-8H2,1-2H3,(H,27,29)(H,28,30)/t12-,13?,14?,16?,17?,18?,19?,21?/m1/s1. The molecule has 2 amide bonds. The van der Waals surface area contributed by atoms with Gasteiger partial charge in [0.15, 0.2) is 0 Å². The minimum Gasteiger partial charge on any atom is -0.353 e. The van der Waals surface area contributed by atoms with E-state index in [0.29, 0.717) is 24.8 Å². The van der Waals surface area contributed by atoms with E-state index in [4.69, 9.17) is 5.26 Å². The Morgan fingerprint density at radius 1 is 1.20 bits per heavy atom. The third-order valence-electron chi connectivity index (χ3n) is 7.05. The van der Waals surface area contributed by atoms with Crippen LogP contribution < -0.4 is 10.6 Å². The van der Waals surface area contributed by atoms with Gasteiger partial charge in [-0.05, 0) is 46.0 Å². The van der Waals surface area contributed by atoms with E-state index in [2.05, 4.69) is 16.7 Å². The van der Waals surface area contributed by atoms with Gasteiger partial charge in [-0.1, -0.05) is 5.57 Å². The van der Waals surface area contributed by atoms with Crippen molar-refractivity contribution in [3.05, 3.63) is 11.1 Å². The average molecular weight is 418 g/mol. The van der Waals surface area contributed by atoms with Crippen LogP contribution in [0.5, 0.6) is 0 Å². The Labute approximate surface area is 175 Å². The molecule has 0 aromatic heterocycles. The molecule has 1 heterocycles. The van der Waals surface area contributed by atoms with Crippen LogP contribution in [0, 0.1) is 46.3 Å². The summed E-state index contributed by atoms with van der Waals surface area (Å²) in [6.45, 7) is 3.44. The Bertz CT molecular complexity index is 815. The van der Waals surface area contributed by atoms with E-state index in [1.807, 2.05) is 6.07 Å². The highest BCUT2D eigenvalue weighted by Crippen LogP contribution is 2.40. The normalized spacial score (nSPS) is 37.3. The fraction of sp³-hybridized carbons (Fsp3) is 0.727. The van der Waals surface area contributed by atoms with Crippen LogP contribution in [0.4, 0.5) is 8.78 Å². The summed E-state index contributed by atoms with van der Waals surface area (Å²) in [5, 5.41) is 24.0. The number of nitriles is 2. The Balaban J connectivity index is 1.68. The molecule has 0 aromatic rings.